The Kier molecular flexibility index (Phi) is 17.3. The SMILES string of the molecule is CCCCCC/C=C\[C@H]1CCC(=O)[C@@H]1CCCCCC(OC(C)(C)OC)C(=O)OCCCCCC. The Bertz CT molecular complexity index is 598. The molecule has 0 radical (unpaired) electrons. The molecule has 0 saturated heterocycles. The molecule has 1 aliphatic carbocycles. The Morgan fingerprint density at radius 1 is 1.00 bits per heavy atom. The Labute approximate surface area is 215 Å². The molecule has 0 spiro atoms. The zero-order chi connectivity index (χ0) is 25.9. The van der Waals surface area contributed by atoms with Crippen LogP contribution in [0.3, 0.4) is 0 Å². The van der Waals surface area contributed by atoms with Crippen LogP contribution in [0, 0.1) is 11.8 Å². The van der Waals surface area contributed by atoms with Gasteiger partial charge in [-0.1, -0.05) is 83.8 Å². The van der Waals surface area contributed by atoms with Gasteiger partial charge in [-0.2, -0.15) is 0 Å². The number of esters is 1. The van der Waals surface area contributed by atoms with E-state index in [0.29, 0.717) is 24.7 Å². The highest BCUT2D eigenvalue weighted by Gasteiger charge is 2.32. The van der Waals surface area contributed by atoms with E-state index < -0.39 is 11.9 Å². The maximum absolute atomic E-state index is 12.7. The molecule has 5 heteroatoms. The number of ketones is 1. The molecule has 0 N–H and O–H groups in total. The van der Waals surface area contributed by atoms with Gasteiger partial charge in [-0.25, -0.2) is 4.79 Å². The number of allylic oxidation sites excluding steroid dienone is 2. The molecule has 1 saturated carbocycles. The summed E-state index contributed by atoms with van der Waals surface area (Å²) in [4.78, 5) is 25.1. The number of carbonyl (C=O) groups is 2. The van der Waals surface area contributed by atoms with Crippen molar-refractivity contribution in [3.05, 3.63) is 12.2 Å². The summed E-state index contributed by atoms with van der Waals surface area (Å²) in [6, 6.07) is 0. The lowest BCUT2D eigenvalue weighted by atomic mass is 9.89. The number of carbonyl (C=O) groups excluding carboxylic acids is 2. The number of rotatable bonds is 21. The van der Waals surface area contributed by atoms with E-state index >= 15 is 0 Å². The molecule has 5 nitrogen and oxygen atoms in total. The largest absolute Gasteiger partial charge is 0.464 e. The van der Waals surface area contributed by atoms with Crippen LogP contribution in [-0.2, 0) is 23.8 Å². The molecule has 1 rings (SSSR count). The number of hydrogen-bond acceptors (Lipinski definition) is 5. The molecule has 204 valence electrons. The van der Waals surface area contributed by atoms with Gasteiger partial charge in [0.15, 0.2) is 11.9 Å². The predicted octanol–water partition coefficient (Wildman–Crippen LogP) is 7.95. The first kappa shape index (κ1) is 31.8. The second-order valence-electron chi connectivity index (χ2n) is 10.6. The second-order valence-corrected chi connectivity index (χ2v) is 10.6. The van der Waals surface area contributed by atoms with Crippen molar-refractivity contribution in [2.24, 2.45) is 11.8 Å². The molecule has 1 aliphatic rings. The van der Waals surface area contributed by atoms with Gasteiger partial charge >= 0.3 is 5.97 Å². The van der Waals surface area contributed by atoms with Crippen LogP contribution in [0.15, 0.2) is 12.2 Å². The number of Topliss-reactive ketones (excluding diaryl/α,β-unsaturated/α-hetero) is 1. The number of ether oxygens (including phenoxy) is 3. The fourth-order valence-electron chi connectivity index (χ4n) is 4.78. The van der Waals surface area contributed by atoms with E-state index in [9.17, 15) is 9.59 Å². The first-order valence-electron chi connectivity index (χ1n) is 14.4. The molecule has 0 amide bonds. The molecule has 0 bridgehead atoms. The van der Waals surface area contributed by atoms with Gasteiger partial charge in [0, 0.05) is 19.4 Å². The molecule has 3 atom stereocenters. The van der Waals surface area contributed by atoms with Crippen molar-refractivity contribution < 1.29 is 23.8 Å². The third-order valence-corrected chi connectivity index (χ3v) is 7.17. The Morgan fingerprint density at radius 3 is 2.37 bits per heavy atom. The van der Waals surface area contributed by atoms with Gasteiger partial charge in [0.1, 0.15) is 5.78 Å². The predicted molar refractivity (Wildman–Crippen MR) is 143 cm³/mol. The summed E-state index contributed by atoms with van der Waals surface area (Å²) < 4.78 is 16.8. The zero-order valence-electron chi connectivity index (χ0n) is 23.4. The fraction of sp³-hybridized carbons (Fsp3) is 0.867. The summed E-state index contributed by atoms with van der Waals surface area (Å²) >= 11 is 0. The topological polar surface area (TPSA) is 61.8 Å². The van der Waals surface area contributed by atoms with E-state index in [4.69, 9.17) is 14.2 Å². The Morgan fingerprint density at radius 2 is 1.69 bits per heavy atom. The maximum atomic E-state index is 12.7. The first-order valence-corrected chi connectivity index (χ1v) is 14.4. The third-order valence-electron chi connectivity index (χ3n) is 7.17. The van der Waals surface area contributed by atoms with Gasteiger partial charge in [-0.05, 0) is 58.3 Å². The first-order chi connectivity index (χ1) is 16.8. The lowest BCUT2D eigenvalue weighted by molar-refractivity contribution is -0.231. The summed E-state index contributed by atoms with van der Waals surface area (Å²) in [5.41, 5.74) is 0. The Hall–Kier alpha value is -1.20. The highest BCUT2D eigenvalue weighted by atomic mass is 16.7. The van der Waals surface area contributed by atoms with Gasteiger partial charge in [0.25, 0.3) is 0 Å². The quantitative estimate of drug-likeness (QED) is 0.0701. The van der Waals surface area contributed by atoms with E-state index in [-0.39, 0.29) is 11.9 Å². The van der Waals surface area contributed by atoms with Crippen LogP contribution in [-0.4, -0.2) is 37.4 Å². The van der Waals surface area contributed by atoms with Crippen molar-refractivity contribution in [3.8, 4) is 0 Å². The standard InChI is InChI=1S/C30H54O5/c1-6-8-10-12-13-15-19-25-22-23-27(31)26(25)20-16-14-17-21-28(35-30(3,4)33-5)29(32)34-24-18-11-9-7-2/h15,19,25-26,28H,6-14,16-18,20-24H2,1-5H3/b19-15-/t25-,26+,28?/m0/s1. The van der Waals surface area contributed by atoms with Gasteiger partial charge in [-0.3, -0.25) is 4.79 Å². The minimum absolute atomic E-state index is 0.175. The number of hydrogen-bond donors (Lipinski definition) is 0. The lowest BCUT2D eigenvalue weighted by Gasteiger charge is -2.28. The van der Waals surface area contributed by atoms with Crippen LogP contribution < -0.4 is 0 Å². The number of methoxy groups -OCH3 is 1. The summed E-state index contributed by atoms with van der Waals surface area (Å²) in [7, 11) is 1.59. The minimum Gasteiger partial charge on any atom is -0.464 e. The van der Waals surface area contributed by atoms with E-state index in [0.717, 1.165) is 70.6 Å². The summed E-state index contributed by atoms with van der Waals surface area (Å²) in [5, 5.41) is 0. The van der Waals surface area contributed by atoms with Crippen molar-refractivity contribution in [1.82, 2.24) is 0 Å². The van der Waals surface area contributed by atoms with Crippen LogP contribution in [0.5, 0.6) is 0 Å². The molecule has 1 fully saturated rings. The van der Waals surface area contributed by atoms with Crippen molar-refractivity contribution in [2.75, 3.05) is 13.7 Å². The van der Waals surface area contributed by atoms with Crippen molar-refractivity contribution in [2.45, 2.75) is 142 Å². The van der Waals surface area contributed by atoms with Crippen LogP contribution in [0.25, 0.3) is 0 Å². The lowest BCUT2D eigenvalue weighted by Crippen LogP contribution is -2.37. The summed E-state index contributed by atoms with van der Waals surface area (Å²) in [5.74, 6) is -0.107. The molecule has 0 heterocycles. The van der Waals surface area contributed by atoms with Gasteiger partial charge < -0.3 is 14.2 Å². The molecule has 1 unspecified atom stereocenters. The zero-order valence-corrected chi connectivity index (χ0v) is 23.4. The minimum atomic E-state index is -0.835. The highest BCUT2D eigenvalue weighted by molar-refractivity contribution is 5.83. The van der Waals surface area contributed by atoms with Crippen molar-refractivity contribution in [3.63, 3.8) is 0 Å². The number of unbranched alkanes of at least 4 members (excludes halogenated alkanes) is 9. The maximum Gasteiger partial charge on any atom is 0.335 e. The van der Waals surface area contributed by atoms with E-state index in [1.54, 1.807) is 7.11 Å². The fourth-order valence-corrected chi connectivity index (χ4v) is 4.78. The molecule has 35 heavy (non-hydrogen) atoms. The average Bonchev–Trinajstić information content (AvgIpc) is 3.19. The van der Waals surface area contributed by atoms with Gasteiger partial charge in [-0.15, -0.1) is 0 Å². The molecular formula is C30H54O5. The summed E-state index contributed by atoms with van der Waals surface area (Å²) in [6.07, 6.45) is 20.7. The van der Waals surface area contributed by atoms with E-state index in [1.165, 1.54) is 25.7 Å². The van der Waals surface area contributed by atoms with Crippen LogP contribution in [0.1, 0.15) is 130 Å². The van der Waals surface area contributed by atoms with Crippen LogP contribution >= 0.6 is 0 Å². The molecule has 0 aromatic heterocycles. The normalized spacial score (nSPS) is 19.5. The van der Waals surface area contributed by atoms with E-state index in [1.807, 2.05) is 13.8 Å². The summed E-state index contributed by atoms with van der Waals surface area (Å²) in [6.45, 7) is 8.48. The Balaban J connectivity index is 2.42. The molecular weight excluding hydrogens is 440 g/mol. The van der Waals surface area contributed by atoms with E-state index in [2.05, 4.69) is 26.0 Å². The van der Waals surface area contributed by atoms with Crippen molar-refractivity contribution >= 4 is 11.8 Å². The van der Waals surface area contributed by atoms with Gasteiger partial charge in [0.2, 0.25) is 0 Å². The van der Waals surface area contributed by atoms with Crippen LogP contribution in [0.4, 0.5) is 0 Å². The molecule has 0 aliphatic heterocycles. The highest BCUT2D eigenvalue weighted by Crippen LogP contribution is 2.34. The monoisotopic (exact) mass is 494 g/mol. The average molecular weight is 495 g/mol. The van der Waals surface area contributed by atoms with Crippen LogP contribution in [0.2, 0.25) is 0 Å². The smallest absolute Gasteiger partial charge is 0.335 e. The third kappa shape index (κ3) is 14.2. The van der Waals surface area contributed by atoms with Gasteiger partial charge in [0.05, 0.1) is 6.61 Å². The molecule has 0 aromatic carbocycles. The van der Waals surface area contributed by atoms with Crippen molar-refractivity contribution in [1.29, 1.82) is 0 Å². The molecule has 0 aromatic rings. The second kappa shape index (κ2) is 19.0.